The molecule has 0 saturated heterocycles. The summed E-state index contributed by atoms with van der Waals surface area (Å²) < 4.78 is 0. The van der Waals surface area contributed by atoms with Crippen LogP contribution in [0.15, 0.2) is 24.3 Å². The van der Waals surface area contributed by atoms with Gasteiger partial charge in [0.2, 0.25) is 0 Å². The van der Waals surface area contributed by atoms with E-state index in [9.17, 15) is 5.11 Å². The van der Waals surface area contributed by atoms with Crippen molar-refractivity contribution in [3.8, 4) is 0 Å². The highest BCUT2D eigenvalue weighted by Crippen LogP contribution is 2.48. The van der Waals surface area contributed by atoms with E-state index in [1.807, 2.05) is 0 Å². The minimum absolute atomic E-state index is 0.275. The molecule has 0 bridgehead atoms. The quantitative estimate of drug-likeness (QED) is 0.855. The van der Waals surface area contributed by atoms with E-state index in [4.69, 9.17) is 0 Å². The van der Waals surface area contributed by atoms with Crippen molar-refractivity contribution in [1.82, 2.24) is 0 Å². The van der Waals surface area contributed by atoms with Crippen molar-refractivity contribution in [2.24, 2.45) is 11.3 Å². The van der Waals surface area contributed by atoms with E-state index >= 15 is 0 Å². The molecule has 2 rings (SSSR count). The number of aryl methyl sites for hydroxylation is 1. The van der Waals surface area contributed by atoms with Gasteiger partial charge in [-0.25, -0.2) is 0 Å². The first-order valence-corrected chi connectivity index (χ1v) is 7.15. The monoisotopic (exact) mass is 246 g/mol. The second-order valence-corrected chi connectivity index (χ2v) is 6.90. The highest BCUT2D eigenvalue weighted by Gasteiger charge is 2.47. The maximum absolute atomic E-state index is 10.9. The summed E-state index contributed by atoms with van der Waals surface area (Å²) in [5.74, 6) is 0.387. The number of rotatable bonds is 3. The average Bonchev–Trinajstić information content (AvgIpc) is 2.48. The first-order valence-electron chi connectivity index (χ1n) is 7.15. The Hall–Kier alpha value is -0.820. The number of aliphatic hydroxyl groups is 1. The summed E-state index contributed by atoms with van der Waals surface area (Å²) in [5.41, 5.74) is 2.39. The lowest BCUT2D eigenvalue weighted by Gasteiger charge is -2.28. The van der Waals surface area contributed by atoms with Crippen LogP contribution in [0.5, 0.6) is 0 Å². The van der Waals surface area contributed by atoms with Crippen LogP contribution in [0.4, 0.5) is 0 Å². The maximum atomic E-state index is 10.9. The van der Waals surface area contributed by atoms with E-state index in [0.29, 0.717) is 5.92 Å². The van der Waals surface area contributed by atoms with Gasteiger partial charge in [-0.2, -0.15) is 0 Å². The van der Waals surface area contributed by atoms with Crippen molar-refractivity contribution >= 4 is 0 Å². The number of hydrogen-bond donors (Lipinski definition) is 1. The van der Waals surface area contributed by atoms with E-state index in [1.165, 1.54) is 11.1 Å². The topological polar surface area (TPSA) is 20.2 Å². The van der Waals surface area contributed by atoms with Crippen molar-refractivity contribution in [3.63, 3.8) is 0 Å². The molecule has 1 nitrogen and oxygen atoms in total. The van der Waals surface area contributed by atoms with Crippen LogP contribution in [-0.2, 0) is 12.8 Å². The van der Waals surface area contributed by atoms with Crippen LogP contribution >= 0.6 is 0 Å². The Bertz CT molecular complexity index is 404. The second kappa shape index (κ2) is 4.70. The Kier molecular flexibility index (Phi) is 3.55. The third-order valence-electron chi connectivity index (χ3n) is 4.50. The second-order valence-electron chi connectivity index (χ2n) is 6.90. The van der Waals surface area contributed by atoms with Gasteiger partial charge in [0, 0.05) is 6.42 Å². The fraction of sp³-hybridized carbons (Fsp3) is 0.647. The van der Waals surface area contributed by atoms with Gasteiger partial charge in [-0.15, -0.1) is 0 Å². The fourth-order valence-corrected chi connectivity index (χ4v) is 3.58. The van der Waals surface area contributed by atoms with Crippen LogP contribution in [0.2, 0.25) is 0 Å². The fourth-order valence-electron chi connectivity index (χ4n) is 3.58. The average molecular weight is 246 g/mol. The van der Waals surface area contributed by atoms with Crippen molar-refractivity contribution in [2.45, 2.75) is 59.0 Å². The van der Waals surface area contributed by atoms with Crippen LogP contribution in [0.3, 0.4) is 0 Å². The molecule has 18 heavy (non-hydrogen) atoms. The standard InChI is InChI=1S/C17H26O/c1-5-14-6-8-15(9-7-14)11-17(18)12-16(3,4)10-13(17)2/h6-9,13,18H,5,10-12H2,1-4H3. The summed E-state index contributed by atoms with van der Waals surface area (Å²) in [5, 5.41) is 10.9. The van der Waals surface area contributed by atoms with E-state index < -0.39 is 5.60 Å². The summed E-state index contributed by atoms with van der Waals surface area (Å²) in [7, 11) is 0. The van der Waals surface area contributed by atoms with Crippen LogP contribution in [0.1, 0.15) is 51.7 Å². The highest BCUT2D eigenvalue weighted by atomic mass is 16.3. The maximum Gasteiger partial charge on any atom is 0.0718 e. The SMILES string of the molecule is CCc1ccc(CC2(O)CC(C)(C)CC2C)cc1. The minimum Gasteiger partial charge on any atom is -0.389 e. The molecular weight excluding hydrogens is 220 g/mol. The van der Waals surface area contributed by atoms with Crippen molar-refractivity contribution in [1.29, 1.82) is 0 Å². The third-order valence-corrected chi connectivity index (χ3v) is 4.50. The Morgan fingerprint density at radius 3 is 2.17 bits per heavy atom. The van der Waals surface area contributed by atoms with Crippen LogP contribution in [0.25, 0.3) is 0 Å². The van der Waals surface area contributed by atoms with Crippen molar-refractivity contribution in [2.75, 3.05) is 0 Å². The van der Waals surface area contributed by atoms with Crippen LogP contribution < -0.4 is 0 Å². The zero-order valence-electron chi connectivity index (χ0n) is 12.2. The molecule has 1 aromatic carbocycles. The molecule has 100 valence electrons. The molecule has 0 aliphatic heterocycles. The lowest BCUT2D eigenvalue weighted by Crippen LogP contribution is -2.34. The molecule has 0 spiro atoms. The highest BCUT2D eigenvalue weighted by molar-refractivity contribution is 5.24. The third kappa shape index (κ3) is 2.77. The molecule has 2 atom stereocenters. The summed E-state index contributed by atoms with van der Waals surface area (Å²) >= 11 is 0. The predicted molar refractivity (Wildman–Crippen MR) is 76.7 cm³/mol. The molecule has 1 aliphatic carbocycles. The van der Waals surface area contributed by atoms with Gasteiger partial charge < -0.3 is 5.11 Å². The normalized spacial score (nSPS) is 30.6. The summed E-state index contributed by atoms with van der Waals surface area (Å²) in [4.78, 5) is 0. The van der Waals surface area contributed by atoms with Gasteiger partial charge >= 0.3 is 0 Å². The first kappa shape index (κ1) is 13.6. The zero-order chi connectivity index (χ0) is 13.4. The van der Waals surface area contributed by atoms with Gasteiger partial charge in [-0.3, -0.25) is 0 Å². The smallest absolute Gasteiger partial charge is 0.0718 e. The molecule has 1 aliphatic rings. The number of hydrogen-bond acceptors (Lipinski definition) is 1. The molecule has 1 N–H and O–H groups in total. The van der Waals surface area contributed by atoms with Gasteiger partial charge in [-0.05, 0) is 41.7 Å². The van der Waals surface area contributed by atoms with Gasteiger partial charge in [0.25, 0.3) is 0 Å². The molecule has 0 amide bonds. The van der Waals surface area contributed by atoms with Crippen LogP contribution in [-0.4, -0.2) is 10.7 Å². The molecule has 0 heterocycles. The summed E-state index contributed by atoms with van der Waals surface area (Å²) in [6.07, 6.45) is 3.91. The Balaban J connectivity index is 2.12. The molecule has 1 fully saturated rings. The van der Waals surface area contributed by atoms with E-state index in [1.54, 1.807) is 0 Å². The molecular formula is C17H26O. The Morgan fingerprint density at radius 2 is 1.72 bits per heavy atom. The van der Waals surface area contributed by atoms with Gasteiger partial charge in [0.05, 0.1) is 5.60 Å². The van der Waals surface area contributed by atoms with E-state index in [-0.39, 0.29) is 5.41 Å². The van der Waals surface area contributed by atoms with Gasteiger partial charge in [-0.1, -0.05) is 52.0 Å². The summed E-state index contributed by atoms with van der Waals surface area (Å²) in [6, 6.07) is 8.72. The number of benzene rings is 1. The Morgan fingerprint density at radius 1 is 1.17 bits per heavy atom. The molecule has 1 saturated carbocycles. The van der Waals surface area contributed by atoms with E-state index in [2.05, 4.69) is 52.0 Å². The largest absolute Gasteiger partial charge is 0.389 e. The lowest BCUT2D eigenvalue weighted by atomic mass is 9.84. The Labute approximate surface area is 111 Å². The molecule has 0 aromatic heterocycles. The van der Waals surface area contributed by atoms with Gasteiger partial charge in [0.1, 0.15) is 0 Å². The minimum atomic E-state index is -0.517. The zero-order valence-corrected chi connectivity index (χ0v) is 12.2. The van der Waals surface area contributed by atoms with Crippen molar-refractivity contribution in [3.05, 3.63) is 35.4 Å². The lowest BCUT2D eigenvalue weighted by molar-refractivity contribution is 0.00445. The van der Waals surface area contributed by atoms with E-state index in [0.717, 1.165) is 25.7 Å². The van der Waals surface area contributed by atoms with Crippen LogP contribution in [0, 0.1) is 11.3 Å². The van der Waals surface area contributed by atoms with Crippen molar-refractivity contribution < 1.29 is 5.11 Å². The molecule has 0 radical (unpaired) electrons. The first-order chi connectivity index (χ1) is 8.35. The van der Waals surface area contributed by atoms with Gasteiger partial charge in [0.15, 0.2) is 0 Å². The molecule has 1 heteroatoms. The molecule has 2 unspecified atom stereocenters. The molecule has 1 aromatic rings. The predicted octanol–water partition coefficient (Wildman–Crippen LogP) is 3.98. The summed E-state index contributed by atoms with van der Waals surface area (Å²) in [6.45, 7) is 8.89.